The van der Waals surface area contributed by atoms with Gasteiger partial charge in [0.25, 0.3) is 10.0 Å². The second-order valence-corrected chi connectivity index (χ2v) is 10.6. The summed E-state index contributed by atoms with van der Waals surface area (Å²) in [6, 6.07) is 10.3. The van der Waals surface area contributed by atoms with Crippen molar-refractivity contribution in [1.29, 1.82) is 0 Å². The van der Waals surface area contributed by atoms with Gasteiger partial charge in [0.1, 0.15) is 10.3 Å². The first-order chi connectivity index (χ1) is 14.6. The second-order valence-electron chi connectivity index (χ2n) is 7.57. The van der Waals surface area contributed by atoms with Gasteiger partial charge in [-0.3, -0.25) is 9.69 Å². The average molecular weight is 486 g/mol. The zero-order chi connectivity index (χ0) is 21.0. The van der Waals surface area contributed by atoms with Gasteiger partial charge in [0.2, 0.25) is 5.91 Å². The third-order valence-corrected chi connectivity index (χ3v) is 8.85. The molecule has 1 unspecified atom stereocenters. The summed E-state index contributed by atoms with van der Waals surface area (Å²) in [6.07, 6.45) is 1.21. The number of carbonyl (C=O) groups is 1. The van der Waals surface area contributed by atoms with E-state index in [0.717, 1.165) is 50.4 Å². The molecule has 2 aromatic rings. The number of fused-ring (bicyclic) bond motifs is 1. The van der Waals surface area contributed by atoms with Crippen molar-refractivity contribution < 1.29 is 17.9 Å². The van der Waals surface area contributed by atoms with Crippen LogP contribution in [0, 0.1) is 0 Å². The van der Waals surface area contributed by atoms with Crippen LogP contribution in [-0.2, 0) is 32.5 Å². The summed E-state index contributed by atoms with van der Waals surface area (Å²) in [5.74, 6) is -0.230. The van der Waals surface area contributed by atoms with Crippen LogP contribution < -0.4 is 5.32 Å². The van der Waals surface area contributed by atoms with Gasteiger partial charge in [0, 0.05) is 26.2 Å². The molecule has 31 heavy (non-hydrogen) atoms. The molecule has 7 nitrogen and oxygen atoms in total. The number of hydrogen-bond donors (Lipinski definition) is 1. The maximum absolute atomic E-state index is 13.2. The van der Waals surface area contributed by atoms with Crippen molar-refractivity contribution in [3.63, 3.8) is 0 Å². The Balaban J connectivity index is 0.00000272. The monoisotopic (exact) mass is 485 g/mol. The molecule has 0 saturated carbocycles. The van der Waals surface area contributed by atoms with E-state index in [0.29, 0.717) is 13.0 Å². The van der Waals surface area contributed by atoms with Crippen LogP contribution in [0.5, 0.6) is 0 Å². The highest BCUT2D eigenvalue weighted by Gasteiger charge is 2.39. The number of sulfonamides is 1. The maximum atomic E-state index is 13.2. The van der Waals surface area contributed by atoms with Gasteiger partial charge >= 0.3 is 0 Å². The molecule has 2 aliphatic heterocycles. The van der Waals surface area contributed by atoms with E-state index >= 15 is 0 Å². The Kier molecular flexibility index (Phi) is 8.49. The Hall–Kier alpha value is -1.49. The van der Waals surface area contributed by atoms with Gasteiger partial charge in [-0.1, -0.05) is 30.3 Å². The fourth-order valence-electron chi connectivity index (χ4n) is 3.96. The van der Waals surface area contributed by atoms with Gasteiger partial charge < -0.3 is 10.1 Å². The lowest BCUT2D eigenvalue weighted by molar-refractivity contribution is -0.125. The maximum Gasteiger partial charge on any atom is 0.253 e. The van der Waals surface area contributed by atoms with Gasteiger partial charge in [0.05, 0.1) is 13.2 Å². The Labute approximate surface area is 193 Å². The zero-order valence-electron chi connectivity index (χ0n) is 17.2. The lowest BCUT2D eigenvalue weighted by Gasteiger charge is -2.34. The molecule has 4 rings (SSSR count). The minimum absolute atomic E-state index is 0. The van der Waals surface area contributed by atoms with Crippen LogP contribution in [0.2, 0.25) is 0 Å². The number of ether oxygens (including phenoxy) is 1. The normalized spacial score (nSPS) is 19.9. The highest BCUT2D eigenvalue weighted by molar-refractivity contribution is 7.91. The number of halogens is 1. The molecule has 3 heterocycles. The number of carbonyl (C=O) groups excluding carboxylic acids is 1. The molecule has 2 aliphatic rings. The van der Waals surface area contributed by atoms with Crippen LogP contribution in [0.4, 0.5) is 0 Å². The molecule has 1 fully saturated rings. The predicted molar refractivity (Wildman–Crippen MR) is 123 cm³/mol. The summed E-state index contributed by atoms with van der Waals surface area (Å²) in [4.78, 5) is 15.4. The molecule has 1 aromatic carbocycles. The molecule has 1 aromatic heterocycles. The van der Waals surface area contributed by atoms with Gasteiger partial charge in [-0.25, -0.2) is 8.42 Å². The number of nitrogens with one attached hydrogen (secondary N) is 1. The highest BCUT2D eigenvalue weighted by atomic mass is 35.5. The van der Waals surface area contributed by atoms with Gasteiger partial charge in [-0.05, 0) is 42.0 Å². The summed E-state index contributed by atoms with van der Waals surface area (Å²) >= 11 is 1.18. The van der Waals surface area contributed by atoms with Crippen molar-refractivity contribution in [2.75, 3.05) is 39.4 Å². The van der Waals surface area contributed by atoms with Crippen molar-refractivity contribution in [3.05, 3.63) is 52.9 Å². The van der Waals surface area contributed by atoms with E-state index < -0.39 is 16.1 Å². The molecule has 0 aliphatic carbocycles. The van der Waals surface area contributed by atoms with Gasteiger partial charge in [0.15, 0.2) is 0 Å². The first-order valence-corrected chi connectivity index (χ1v) is 12.6. The Morgan fingerprint density at radius 2 is 1.87 bits per heavy atom. The highest BCUT2D eigenvalue weighted by Crippen LogP contribution is 2.30. The van der Waals surface area contributed by atoms with E-state index in [1.165, 1.54) is 15.6 Å². The first-order valence-electron chi connectivity index (χ1n) is 10.3. The van der Waals surface area contributed by atoms with Crippen LogP contribution in [-0.4, -0.2) is 69.0 Å². The van der Waals surface area contributed by atoms with Crippen LogP contribution in [0.15, 0.2) is 46.0 Å². The van der Waals surface area contributed by atoms with Crippen molar-refractivity contribution in [1.82, 2.24) is 14.5 Å². The van der Waals surface area contributed by atoms with Crippen molar-refractivity contribution in [2.24, 2.45) is 0 Å². The number of rotatable bonds is 7. The third kappa shape index (κ3) is 5.66. The number of amides is 1. The standard InChI is InChI=1S/C21H27N3O4S2.ClH/c25-21(22-8-4-9-23-10-12-28-13-11-23)19-15-17-5-1-2-6-18(17)16-24(19)30(26,27)20-7-3-14-29-20;/h1-3,5-7,14,19H,4,8-13,15-16H2,(H,22,25);1H. The third-order valence-electron chi connectivity index (χ3n) is 5.62. The number of benzene rings is 1. The molecule has 1 saturated heterocycles. The average Bonchev–Trinajstić information content (AvgIpc) is 3.32. The quantitative estimate of drug-likeness (QED) is 0.608. The molecule has 1 N–H and O–H groups in total. The first kappa shape index (κ1) is 24.2. The van der Waals surface area contributed by atoms with E-state index in [1.54, 1.807) is 17.5 Å². The summed E-state index contributed by atoms with van der Waals surface area (Å²) in [5, 5.41) is 4.71. The molecule has 10 heteroatoms. The fraction of sp³-hybridized carbons (Fsp3) is 0.476. The van der Waals surface area contributed by atoms with Crippen molar-refractivity contribution in [3.8, 4) is 0 Å². The van der Waals surface area contributed by atoms with E-state index in [9.17, 15) is 13.2 Å². The Morgan fingerprint density at radius 1 is 1.13 bits per heavy atom. The molecule has 0 spiro atoms. The van der Waals surface area contributed by atoms with Gasteiger partial charge in [-0.15, -0.1) is 23.7 Å². The van der Waals surface area contributed by atoms with E-state index in [4.69, 9.17) is 4.74 Å². The summed E-state index contributed by atoms with van der Waals surface area (Å²) in [6.45, 7) is 4.98. The summed E-state index contributed by atoms with van der Waals surface area (Å²) < 4.78 is 33.5. The lowest BCUT2D eigenvalue weighted by Crippen LogP contribution is -2.52. The number of thiophene rings is 1. The largest absolute Gasteiger partial charge is 0.379 e. The topological polar surface area (TPSA) is 79.0 Å². The van der Waals surface area contributed by atoms with Crippen LogP contribution in [0.3, 0.4) is 0 Å². The molecule has 1 atom stereocenters. The molecule has 0 radical (unpaired) electrons. The number of hydrogen-bond acceptors (Lipinski definition) is 6. The minimum atomic E-state index is -3.73. The second kappa shape index (κ2) is 10.9. The van der Waals surface area contributed by atoms with E-state index in [2.05, 4.69) is 10.2 Å². The number of morpholine rings is 1. The molecular weight excluding hydrogens is 458 g/mol. The van der Waals surface area contributed by atoms with Crippen molar-refractivity contribution in [2.45, 2.75) is 29.6 Å². The SMILES string of the molecule is Cl.O=C(NCCCN1CCOCC1)C1Cc2ccccc2CN1S(=O)(=O)c1cccs1. The summed E-state index contributed by atoms with van der Waals surface area (Å²) in [7, 11) is -3.73. The van der Waals surface area contributed by atoms with E-state index in [-0.39, 0.29) is 29.1 Å². The van der Waals surface area contributed by atoms with Gasteiger partial charge in [-0.2, -0.15) is 4.31 Å². The Bertz CT molecular complexity index is 963. The predicted octanol–water partition coefficient (Wildman–Crippen LogP) is 2.12. The number of nitrogens with zero attached hydrogens (tertiary/aromatic N) is 2. The molecule has 0 bridgehead atoms. The van der Waals surface area contributed by atoms with Crippen LogP contribution in [0.25, 0.3) is 0 Å². The van der Waals surface area contributed by atoms with E-state index in [1.807, 2.05) is 24.3 Å². The Morgan fingerprint density at radius 3 is 2.58 bits per heavy atom. The molecule has 1 amide bonds. The smallest absolute Gasteiger partial charge is 0.253 e. The lowest BCUT2D eigenvalue weighted by atomic mass is 9.95. The van der Waals surface area contributed by atoms with Crippen molar-refractivity contribution >= 4 is 39.7 Å². The molecular formula is C21H28ClN3O4S2. The van der Waals surface area contributed by atoms with Crippen LogP contribution >= 0.6 is 23.7 Å². The minimum Gasteiger partial charge on any atom is -0.379 e. The summed E-state index contributed by atoms with van der Waals surface area (Å²) in [5.41, 5.74) is 1.98. The zero-order valence-corrected chi connectivity index (χ0v) is 19.7. The molecule has 170 valence electrons. The van der Waals surface area contributed by atoms with Crippen LogP contribution in [0.1, 0.15) is 17.5 Å². The fourth-order valence-corrected chi connectivity index (χ4v) is 6.64.